The molecular weight excluding hydrogens is 346 g/mol. The molecule has 1 aromatic heterocycles. The summed E-state index contributed by atoms with van der Waals surface area (Å²) in [6.45, 7) is 4.41. The minimum atomic E-state index is -0.185. The normalized spacial score (nSPS) is 12.5. The Morgan fingerprint density at radius 1 is 1.23 bits per heavy atom. The van der Waals surface area contributed by atoms with E-state index in [0.717, 1.165) is 33.3 Å². The summed E-state index contributed by atoms with van der Waals surface area (Å²) in [4.78, 5) is 17.7. The molecule has 3 rings (SSSR count). The number of hydrogen-bond donors (Lipinski definition) is 2. The smallest absolute Gasteiger partial charge is 0.237 e. The Kier molecular flexibility index (Phi) is 5.35. The summed E-state index contributed by atoms with van der Waals surface area (Å²) in [5, 5.41) is 4.76. The molecular formula is C21H24ClN3O. The maximum atomic E-state index is 12.3. The lowest BCUT2D eigenvalue weighted by Crippen LogP contribution is -2.41. The third-order valence-electron chi connectivity index (χ3n) is 4.88. The van der Waals surface area contributed by atoms with Crippen molar-refractivity contribution < 1.29 is 4.79 Å². The molecule has 1 unspecified atom stereocenters. The Morgan fingerprint density at radius 3 is 2.58 bits per heavy atom. The van der Waals surface area contributed by atoms with E-state index >= 15 is 0 Å². The van der Waals surface area contributed by atoms with Gasteiger partial charge in [0.25, 0.3) is 0 Å². The van der Waals surface area contributed by atoms with Gasteiger partial charge in [0.2, 0.25) is 5.91 Å². The van der Waals surface area contributed by atoms with Crippen molar-refractivity contribution in [3.05, 3.63) is 58.6 Å². The third kappa shape index (κ3) is 3.62. The first-order valence-corrected chi connectivity index (χ1v) is 9.06. The highest BCUT2D eigenvalue weighted by Gasteiger charge is 2.17. The summed E-state index contributed by atoms with van der Waals surface area (Å²) in [5.74, 6) is -0.00492. The molecule has 0 radical (unpaired) electrons. The van der Waals surface area contributed by atoms with Crippen molar-refractivity contribution in [1.82, 2.24) is 15.2 Å². The molecule has 0 aliphatic carbocycles. The molecule has 2 N–H and O–H groups in total. The maximum Gasteiger partial charge on any atom is 0.237 e. The van der Waals surface area contributed by atoms with Crippen LogP contribution in [0.25, 0.3) is 22.2 Å². The summed E-state index contributed by atoms with van der Waals surface area (Å²) in [6.07, 6.45) is 0. The summed E-state index contributed by atoms with van der Waals surface area (Å²) in [7, 11) is 3.78. The Bertz CT molecular complexity index is 931. The number of likely N-dealkylation sites (N-methyl/N-ethyl adjacent to an activating group) is 1. The lowest BCUT2D eigenvalue weighted by atomic mass is 10.1. The Balaban J connectivity index is 1.97. The summed E-state index contributed by atoms with van der Waals surface area (Å²) in [6, 6.07) is 13.9. The van der Waals surface area contributed by atoms with Gasteiger partial charge in [-0.3, -0.25) is 9.69 Å². The van der Waals surface area contributed by atoms with Crippen LogP contribution >= 0.6 is 11.6 Å². The Morgan fingerprint density at radius 2 is 1.92 bits per heavy atom. The highest BCUT2D eigenvalue weighted by molar-refractivity contribution is 6.31. The van der Waals surface area contributed by atoms with Crippen molar-refractivity contribution >= 4 is 28.4 Å². The predicted molar refractivity (Wildman–Crippen MR) is 108 cm³/mol. The maximum absolute atomic E-state index is 12.3. The van der Waals surface area contributed by atoms with Gasteiger partial charge in [-0.2, -0.15) is 0 Å². The van der Waals surface area contributed by atoms with Crippen LogP contribution in [-0.2, 0) is 11.3 Å². The quantitative estimate of drug-likeness (QED) is 0.701. The molecule has 0 bridgehead atoms. The van der Waals surface area contributed by atoms with Gasteiger partial charge in [0.15, 0.2) is 0 Å². The van der Waals surface area contributed by atoms with Crippen molar-refractivity contribution in [2.24, 2.45) is 0 Å². The third-order valence-corrected chi connectivity index (χ3v) is 5.10. The van der Waals surface area contributed by atoms with E-state index in [1.807, 2.05) is 56.3 Å². The van der Waals surface area contributed by atoms with E-state index in [1.54, 1.807) is 0 Å². The second-order valence-corrected chi connectivity index (χ2v) is 7.27. The average Bonchev–Trinajstić information content (AvgIpc) is 2.96. The fraction of sp³-hybridized carbons (Fsp3) is 0.286. The van der Waals surface area contributed by atoms with Crippen molar-refractivity contribution in [2.75, 3.05) is 14.1 Å². The number of amides is 1. The number of hydrogen-bond acceptors (Lipinski definition) is 2. The molecule has 26 heavy (non-hydrogen) atoms. The standard InChI is InChI=1S/C21H24ClN3O/c1-13-18-11-17(22)10-16(12-23-21(26)14(2)25(3)4)20(18)24-19(13)15-8-6-5-7-9-15/h5-11,14,24H,12H2,1-4H3,(H,23,26). The number of halogens is 1. The van der Waals surface area contributed by atoms with Crippen LogP contribution < -0.4 is 5.32 Å². The molecule has 5 heteroatoms. The highest BCUT2D eigenvalue weighted by Crippen LogP contribution is 2.33. The first kappa shape index (κ1) is 18.5. The highest BCUT2D eigenvalue weighted by atomic mass is 35.5. The Labute approximate surface area is 159 Å². The molecule has 1 atom stereocenters. The van der Waals surface area contributed by atoms with E-state index in [-0.39, 0.29) is 11.9 Å². The summed E-state index contributed by atoms with van der Waals surface area (Å²) >= 11 is 6.34. The number of aromatic nitrogens is 1. The average molecular weight is 370 g/mol. The SMILES string of the molecule is Cc1c(-c2ccccc2)[nH]c2c(CNC(=O)C(C)N(C)C)cc(Cl)cc12. The summed E-state index contributed by atoms with van der Waals surface area (Å²) in [5.41, 5.74) is 5.37. The number of rotatable bonds is 5. The zero-order valence-electron chi connectivity index (χ0n) is 15.6. The van der Waals surface area contributed by atoms with Crippen LogP contribution in [0.15, 0.2) is 42.5 Å². The number of nitrogens with one attached hydrogen (secondary N) is 2. The van der Waals surface area contributed by atoms with E-state index in [2.05, 4.69) is 29.4 Å². The number of nitrogens with zero attached hydrogens (tertiary/aromatic N) is 1. The van der Waals surface area contributed by atoms with Gasteiger partial charge in [0.05, 0.1) is 11.6 Å². The van der Waals surface area contributed by atoms with Crippen LogP contribution in [0.3, 0.4) is 0 Å². The summed E-state index contributed by atoms with van der Waals surface area (Å²) < 4.78 is 0. The molecule has 0 aliphatic rings. The second kappa shape index (κ2) is 7.52. The largest absolute Gasteiger partial charge is 0.354 e. The molecule has 0 aliphatic heterocycles. The van der Waals surface area contributed by atoms with Crippen LogP contribution in [0.2, 0.25) is 5.02 Å². The number of aryl methyl sites for hydroxylation is 1. The van der Waals surface area contributed by atoms with E-state index < -0.39 is 0 Å². The van der Waals surface area contributed by atoms with Gasteiger partial charge < -0.3 is 10.3 Å². The molecule has 0 fully saturated rings. The lowest BCUT2D eigenvalue weighted by molar-refractivity contribution is -0.125. The van der Waals surface area contributed by atoms with Gasteiger partial charge in [0.1, 0.15) is 0 Å². The van der Waals surface area contributed by atoms with Gasteiger partial charge in [-0.15, -0.1) is 0 Å². The van der Waals surface area contributed by atoms with E-state index in [9.17, 15) is 4.79 Å². The topological polar surface area (TPSA) is 48.1 Å². The lowest BCUT2D eigenvalue weighted by Gasteiger charge is -2.19. The fourth-order valence-electron chi connectivity index (χ4n) is 3.06. The number of fused-ring (bicyclic) bond motifs is 1. The predicted octanol–water partition coefficient (Wildman–Crippen LogP) is 4.36. The van der Waals surface area contributed by atoms with Crippen LogP contribution in [0.1, 0.15) is 18.1 Å². The zero-order valence-corrected chi connectivity index (χ0v) is 16.3. The number of H-pyrrole nitrogens is 1. The van der Waals surface area contributed by atoms with E-state index in [4.69, 9.17) is 11.6 Å². The molecule has 0 saturated heterocycles. The molecule has 0 spiro atoms. The number of benzene rings is 2. The number of carbonyl (C=O) groups excluding carboxylic acids is 1. The molecule has 1 amide bonds. The second-order valence-electron chi connectivity index (χ2n) is 6.84. The molecule has 4 nitrogen and oxygen atoms in total. The first-order valence-electron chi connectivity index (χ1n) is 8.68. The van der Waals surface area contributed by atoms with E-state index in [0.29, 0.717) is 11.6 Å². The first-order chi connectivity index (χ1) is 12.4. The van der Waals surface area contributed by atoms with Crippen molar-refractivity contribution in [3.63, 3.8) is 0 Å². The van der Waals surface area contributed by atoms with Crippen molar-refractivity contribution in [3.8, 4) is 11.3 Å². The minimum absolute atomic E-state index is 0.00492. The van der Waals surface area contributed by atoms with Gasteiger partial charge in [0, 0.05) is 22.6 Å². The van der Waals surface area contributed by atoms with Crippen molar-refractivity contribution in [1.29, 1.82) is 0 Å². The van der Waals surface area contributed by atoms with Gasteiger partial charge in [-0.05, 0) is 56.8 Å². The van der Waals surface area contributed by atoms with Crippen LogP contribution in [0, 0.1) is 6.92 Å². The van der Waals surface area contributed by atoms with Crippen LogP contribution in [-0.4, -0.2) is 35.9 Å². The molecule has 3 aromatic rings. The monoisotopic (exact) mass is 369 g/mol. The van der Waals surface area contributed by atoms with Gasteiger partial charge in [-0.25, -0.2) is 0 Å². The Hall–Kier alpha value is -2.30. The van der Waals surface area contributed by atoms with Gasteiger partial charge >= 0.3 is 0 Å². The van der Waals surface area contributed by atoms with Gasteiger partial charge in [-0.1, -0.05) is 41.9 Å². The molecule has 2 aromatic carbocycles. The van der Waals surface area contributed by atoms with Crippen LogP contribution in [0.4, 0.5) is 0 Å². The van der Waals surface area contributed by atoms with Crippen molar-refractivity contribution in [2.45, 2.75) is 26.4 Å². The number of carbonyl (C=O) groups is 1. The fourth-order valence-corrected chi connectivity index (χ4v) is 3.30. The van der Waals surface area contributed by atoms with E-state index in [1.165, 1.54) is 0 Å². The zero-order chi connectivity index (χ0) is 18.8. The molecule has 136 valence electrons. The molecule has 1 heterocycles. The minimum Gasteiger partial charge on any atom is -0.354 e. The molecule has 0 saturated carbocycles. The van der Waals surface area contributed by atoms with Crippen LogP contribution in [0.5, 0.6) is 0 Å². The number of aromatic amines is 1.